The molecular weight excluding hydrogens is 300 g/mol. The van der Waals surface area contributed by atoms with Crippen LogP contribution in [0.4, 0.5) is 5.69 Å². The van der Waals surface area contributed by atoms with Gasteiger partial charge >= 0.3 is 0 Å². The monoisotopic (exact) mass is 316 g/mol. The maximum Gasteiger partial charge on any atom is 0.247 e. The number of nitrogens with one attached hydrogen (secondary N) is 2. The number of rotatable bonds is 5. The number of halogens is 1. The minimum absolute atomic E-state index is 0.248. The van der Waals surface area contributed by atoms with Crippen molar-refractivity contribution in [3.8, 4) is 0 Å². The predicted octanol–water partition coefficient (Wildman–Crippen LogP) is 3.03. The van der Waals surface area contributed by atoms with Crippen LogP contribution in [0.5, 0.6) is 0 Å². The van der Waals surface area contributed by atoms with Crippen LogP contribution >= 0.6 is 11.6 Å². The van der Waals surface area contributed by atoms with Crippen LogP contribution in [0.25, 0.3) is 0 Å². The van der Waals surface area contributed by atoms with E-state index in [1.807, 2.05) is 30.3 Å². The highest BCUT2D eigenvalue weighted by atomic mass is 35.5. The van der Waals surface area contributed by atoms with Gasteiger partial charge in [0.15, 0.2) is 0 Å². The molecule has 0 bridgehead atoms. The van der Waals surface area contributed by atoms with Crippen molar-refractivity contribution in [2.45, 2.75) is 19.4 Å². The summed E-state index contributed by atoms with van der Waals surface area (Å²) in [6.45, 7) is 1.39. The van der Waals surface area contributed by atoms with Crippen LogP contribution < -0.4 is 10.6 Å². The summed E-state index contributed by atoms with van der Waals surface area (Å²) >= 11 is 5.90. The number of hydrogen-bond acceptors (Lipinski definition) is 2. The summed E-state index contributed by atoms with van der Waals surface area (Å²) < 4.78 is 0. The molecule has 0 heterocycles. The van der Waals surface area contributed by atoms with Crippen LogP contribution in [-0.4, -0.2) is 17.9 Å². The first kappa shape index (κ1) is 16.0. The largest absolute Gasteiger partial charge is 0.344 e. The molecule has 0 aliphatic rings. The first-order valence-corrected chi connectivity index (χ1v) is 7.30. The van der Waals surface area contributed by atoms with Gasteiger partial charge in [-0.05, 0) is 23.8 Å². The van der Waals surface area contributed by atoms with E-state index in [1.54, 1.807) is 24.3 Å². The predicted molar refractivity (Wildman–Crippen MR) is 87.8 cm³/mol. The molecule has 114 valence electrons. The Labute approximate surface area is 134 Å². The van der Waals surface area contributed by atoms with Crippen LogP contribution in [0.15, 0.2) is 54.6 Å². The van der Waals surface area contributed by atoms with E-state index >= 15 is 0 Å². The third-order valence-electron chi connectivity index (χ3n) is 3.07. The van der Waals surface area contributed by atoms with Gasteiger partial charge in [0.1, 0.15) is 6.04 Å². The molecule has 0 aliphatic carbocycles. The Morgan fingerprint density at radius 3 is 2.45 bits per heavy atom. The lowest BCUT2D eigenvalue weighted by molar-refractivity contribution is -0.125. The van der Waals surface area contributed by atoms with Crippen molar-refractivity contribution < 1.29 is 9.59 Å². The number of carbonyl (C=O) groups is 2. The van der Waals surface area contributed by atoms with E-state index in [1.165, 1.54) is 6.92 Å². The topological polar surface area (TPSA) is 58.2 Å². The molecule has 4 nitrogen and oxygen atoms in total. The molecule has 0 aromatic heterocycles. The van der Waals surface area contributed by atoms with E-state index in [2.05, 4.69) is 10.6 Å². The Bertz CT molecular complexity index is 659. The number of hydrogen-bond donors (Lipinski definition) is 2. The second-order valence-corrected chi connectivity index (χ2v) is 5.38. The molecule has 2 aromatic rings. The fraction of sp³-hybridized carbons (Fsp3) is 0.176. The molecule has 0 radical (unpaired) electrons. The van der Waals surface area contributed by atoms with Crippen LogP contribution in [0.3, 0.4) is 0 Å². The molecule has 1 atom stereocenters. The third-order valence-corrected chi connectivity index (χ3v) is 3.30. The quantitative estimate of drug-likeness (QED) is 0.891. The standard InChI is InChI=1S/C17H17ClN2O2/c1-12(21)19-16(10-13-6-3-2-4-7-13)17(22)20-15-9-5-8-14(18)11-15/h2-9,11,16H,10H2,1H3,(H,19,21)(H,20,22). The molecule has 22 heavy (non-hydrogen) atoms. The van der Waals surface area contributed by atoms with Gasteiger partial charge in [0.25, 0.3) is 0 Å². The molecule has 2 aromatic carbocycles. The van der Waals surface area contributed by atoms with Crippen molar-refractivity contribution in [2.75, 3.05) is 5.32 Å². The Kier molecular flexibility index (Phi) is 5.55. The first-order chi connectivity index (χ1) is 10.5. The van der Waals surface area contributed by atoms with Gasteiger partial charge in [0.2, 0.25) is 11.8 Å². The average molecular weight is 317 g/mol. The normalized spacial score (nSPS) is 11.5. The highest BCUT2D eigenvalue weighted by Gasteiger charge is 2.20. The van der Waals surface area contributed by atoms with E-state index in [4.69, 9.17) is 11.6 Å². The van der Waals surface area contributed by atoms with Crippen molar-refractivity contribution in [1.82, 2.24) is 5.32 Å². The lowest BCUT2D eigenvalue weighted by Crippen LogP contribution is -2.44. The molecule has 0 aliphatic heterocycles. The zero-order valence-corrected chi connectivity index (χ0v) is 12.9. The minimum atomic E-state index is -0.640. The molecule has 0 saturated carbocycles. The zero-order valence-electron chi connectivity index (χ0n) is 12.2. The summed E-state index contributed by atoms with van der Waals surface area (Å²) in [5.41, 5.74) is 1.57. The van der Waals surface area contributed by atoms with Gasteiger partial charge in [-0.25, -0.2) is 0 Å². The summed E-state index contributed by atoms with van der Waals surface area (Å²) in [7, 11) is 0. The molecule has 2 N–H and O–H groups in total. The Morgan fingerprint density at radius 1 is 1.09 bits per heavy atom. The fourth-order valence-electron chi connectivity index (χ4n) is 2.10. The zero-order chi connectivity index (χ0) is 15.9. The first-order valence-electron chi connectivity index (χ1n) is 6.92. The van der Waals surface area contributed by atoms with Crippen molar-refractivity contribution >= 4 is 29.1 Å². The SMILES string of the molecule is CC(=O)NC(Cc1ccccc1)C(=O)Nc1cccc(Cl)c1. The van der Waals surface area contributed by atoms with Crippen molar-refractivity contribution in [3.63, 3.8) is 0 Å². The Morgan fingerprint density at radius 2 is 1.82 bits per heavy atom. The Balaban J connectivity index is 2.10. The highest BCUT2D eigenvalue weighted by molar-refractivity contribution is 6.30. The van der Waals surface area contributed by atoms with Crippen LogP contribution in [0, 0.1) is 0 Å². The smallest absolute Gasteiger partial charge is 0.247 e. The lowest BCUT2D eigenvalue weighted by Gasteiger charge is -2.18. The van der Waals surface area contributed by atoms with E-state index in [9.17, 15) is 9.59 Å². The number of amides is 2. The molecule has 2 amide bonds. The number of anilines is 1. The summed E-state index contributed by atoms with van der Waals surface area (Å²) in [5, 5.41) is 5.99. The molecular formula is C17H17ClN2O2. The fourth-order valence-corrected chi connectivity index (χ4v) is 2.29. The van der Waals surface area contributed by atoms with Gasteiger partial charge in [-0.15, -0.1) is 0 Å². The second-order valence-electron chi connectivity index (χ2n) is 4.94. The highest BCUT2D eigenvalue weighted by Crippen LogP contribution is 2.15. The second kappa shape index (κ2) is 7.61. The number of carbonyl (C=O) groups excluding carboxylic acids is 2. The summed E-state index contributed by atoms with van der Waals surface area (Å²) in [5.74, 6) is -0.525. The molecule has 0 spiro atoms. The van der Waals surface area contributed by atoms with E-state index < -0.39 is 6.04 Å². The summed E-state index contributed by atoms with van der Waals surface area (Å²) in [6, 6.07) is 15.8. The van der Waals surface area contributed by atoms with Crippen LogP contribution in [0.2, 0.25) is 5.02 Å². The number of benzene rings is 2. The van der Waals surface area contributed by atoms with Gasteiger partial charge in [-0.3, -0.25) is 9.59 Å². The minimum Gasteiger partial charge on any atom is -0.344 e. The van der Waals surface area contributed by atoms with Gasteiger partial charge in [-0.2, -0.15) is 0 Å². The maximum atomic E-state index is 12.4. The molecule has 0 saturated heterocycles. The van der Waals surface area contributed by atoms with E-state index in [0.717, 1.165) is 5.56 Å². The Hall–Kier alpha value is -2.33. The van der Waals surface area contributed by atoms with Gasteiger partial charge in [0.05, 0.1) is 0 Å². The summed E-state index contributed by atoms with van der Waals surface area (Å²) in [6.07, 6.45) is 0.423. The molecule has 1 unspecified atom stereocenters. The van der Waals surface area contributed by atoms with E-state index in [-0.39, 0.29) is 11.8 Å². The molecule has 0 fully saturated rings. The molecule has 5 heteroatoms. The van der Waals surface area contributed by atoms with Crippen molar-refractivity contribution in [3.05, 3.63) is 65.2 Å². The van der Waals surface area contributed by atoms with Crippen molar-refractivity contribution in [2.24, 2.45) is 0 Å². The maximum absolute atomic E-state index is 12.4. The van der Waals surface area contributed by atoms with Gasteiger partial charge in [-0.1, -0.05) is 48.0 Å². The van der Waals surface area contributed by atoms with Gasteiger partial charge < -0.3 is 10.6 Å². The average Bonchev–Trinajstić information content (AvgIpc) is 2.47. The van der Waals surface area contributed by atoms with Gasteiger partial charge in [0, 0.05) is 24.1 Å². The summed E-state index contributed by atoms with van der Waals surface area (Å²) in [4.78, 5) is 23.7. The van der Waals surface area contributed by atoms with Crippen molar-refractivity contribution in [1.29, 1.82) is 0 Å². The van der Waals surface area contributed by atoms with Crippen LogP contribution in [-0.2, 0) is 16.0 Å². The van der Waals surface area contributed by atoms with E-state index in [0.29, 0.717) is 17.1 Å². The lowest BCUT2D eigenvalue weighted by atomic mass is 10.1. The van der Waals surface area contributed by atoms with Crippen LogP contribution in [0.1, 0.15) is 12.5 Å². The molecule has 2 rings (SSSR count). The third kappa shape index (κ3) is 4.90.